The summed E-state index contributed by atoms with van der Waals surface area (Å²) in [4.78, 5) is 2.38. The van der Waals surface area contributed by atoms with Crippen LogP contribution in [0.15, 0.2) is 18.2 Å². The Morgan fingerprint density at radius 3 is 2.95 bits per heavy atom. The number of likely N-dealkylation sites (N-methyl/N-ethyl adjacent to an activating group) is 1. The molecule has 1 heterocycles. The van der Waals surface area contributed by atoms with Crippen LogP contribution >= 0.6 is 0 Å². The molecule has 0 bridgehead atoms. The van der Waals surface area contributed by atoms with Gasteiger partial charge >= 0.3 is 0 Å². The second-order valence-corrected chi connectivity index (χ2v) is 5.46. The van der Waals surface area contributed by atoms with E-state index >= 15 is 0 Å². The molecule has 1 saturated heterocycles. The molecule has 1 aliphatic heterocycles. The zero-order chi connectivity index (χ0) is 13.8. The Labute approximate surface area is 114 Å². The zero-order valence-electron chi connectivity index (χ0n) is 11.7. The Bertz CT molecular complexity index is 425. The maximum atomic E-state index is 13.0. The summed E-state index contributed by atoms with van der Waals surface area (Å²) in [5.41, 5.74) is 0.750. The van der Waals surface area contributed by atoms with Gasteiger partial charge in [-0.15, -0.1) is 0 Å². The molecule has 0 radical (unpaired) electrons. The normalized spacial score (nSPS) is 22.4. The molecule has 0 amide bonds. The second-order valence-electron chi connectivity index (χ2n) is 5.46. The monoisotopic (exact) mass is 266 g/mol. The van der Waals surface area contributed by atoms with Crippen molar-refractivity contribution in [3.63, 3.8) is 0 Å². The summed E-state index contributed by atoms with van der Waals surface area (Å²) >= 11 is 0. The molecule has 1 aliphatic rings. The van der Waals surface area contributed by atoms with Gasteiger partial charge in [0, 0.05) is 30.3 Å². The average Bonchev–Trinajstić information content (AvgIpc) is 2.37. The Kier molecular flexibility index (Phi) is 4.77. The van der Waals surface area contributed by atoms with Crippen molar-refractivity contribution in [1.29, 1.82) is 0 Å². The number of nitrogens with one attached hydrogen (secondary N) is 1. The third-order valence-electron chi connectivity index (χ3n) is 4.04. The smallest absolute Gasteiger partial charge is 0.126 e. The van der Waals surface area contributed by atoms with E-state index in [2.05, 4.69) is 17.3 Å². The van der Waals surface area contributed by atoms with Crippen LogP contribution in [-0.2, 0) is 0 Å². The highest BCUT2D eigenvalue weighted by atomic mass is 19.1. The zero-order valence-corrected chi connectivity index (χ0v) is 11.7. The number of nitrogens with zero attached hydrogens (tertiary/aromatic N) is 1. The molecule has 1 aromatic carbocycles. The van der Waals surface area contributed by atoms with E-state index in [9.17, 15) is 9.50 Å². The van der Waals surface area contributed by atoms with E-state index in [0.717, 1.165) is 18.7 Å². The van der Waals surface area contributed by atoms with Gasteiger partial charge < -0.3 is 15.3 Å². The molecule has 0 saturated carbocycles. The van der Waals surface area contributed by atoms with Crippen LogP contribution < -0.4 is 5.32 Å². The number of piperidine rings is 1. The lowest BCUT2D eigenvalue weighted by molar-refractivity contribution is 0.178. The standard InChI is InChI=1S/C15H23FN2O/c1-11(14-7-6-12(16)9-15(14)19)17-10-13-5-3-4-8-18(13)2/h6-7,9,11,13,17,19H,3-5,8,10H2,1-2H3. The third kappa shape index (κ3) is 3.67. The fourth-order valence-corrected chi connectivity index (χ4v) is 2.71. The Morgan fingerprint density at radius 1 is 1.47 bits per heavy atom. The second kappa shape index (κ2) is 6.35. The van der Waals surface area contributed by atoms with Gasteiger partial charge in [-0.25, -0.2) is 4.39 Å². The molecule has 0 aliphatic carbocycles. The van der Waals surface area contributed by atoms with Crippen LogP contribution in [-0.4, -0.2) is 36.2 Å². The quantitative estimate of drug-likeness (QED) is 0.879. The molecule has 0 aromatic heterocycles. The summed E-state index contributed by atoms with van der Waals surface area (Å²) in [5.74, 6) is -0.377. The Balaban J connectivity index is 1.91. The van der Waals surface area contributed by atoms with E-state index in [-0.39, 0.29) is 11.8 Å². The minimum absolute atomic E-state index is 0.0240. The van der Waals surface area contributed by atoms with E-state index in [1.54, 1.807) is 6.07 Å². The van der Waals surface area contributed by atoms with Gasteiger partial charge in [0.15, 0.2) is 0 Å². The summed E-state index contributed by atoms with van der Waals surface area (Å²) in [6.07, 6.45) is 3.78. The molecule has 19 heavy (non-hydrogen) atoms. The van der Waals surface area contributed by atoms with Gasteiger partial charge in [-0.1, -0.05) is 12.5 Å². The first-order chi connectivity index (χ1) is 9.08. The first kappa shape index (κ1) is 14.3. The summed E-state index contributed by atoms with van der Waals surface area (Å²) < 4.78 is 13.0. The maximum absolute atomic E-state index is 13.0. The number of phenolic OH excluding ortho intramolecular Hbond substituents is 1. The largest absolute Gasteiger partial charge is 0.508 e. The number of hydrogen-bond donors (Lipinski definition) is 2. The van der Waals surface area contributed by atoms with Gasteiger partial charge in [-0.05, 0) is 39.4 Å². The Hall–Kier alpha value is -1.13. The highest BCUT2D eigenvalue weighted by Crippen LogP contribution is 2.25. The van der Waals surface area contributed by atoms with E-state index < -0.39 is 5.82 Å². The average molecular weight is 266 g/mol. The van der Waals surface area contributed by atoms with Gasteiger partial charge in [0.25, 0.3) is 0 Å². The van der Waals surface area contributed by atoms with Crippen molar-refractivity contribution in [2.24, 2.45) is 0 Å². The molecule has 106 valence electrons. The summed E-state index contributed by atoms with van der Waals surface area (Å²) in [6.45, 7) is 4.05. The fourth-order valence-electron chi connectivity index (χ4n) is 2.71. The van der Waals surface area contributed by atoms with E-state index in [4.69, 9.17) is 0 Å². The van der Waals surface area contributed by atoms with E-state index in [1.165, 1.54) is 31.4 Å². The summed E-state index contributed by atoms with van der Waals surface area (Å²) in [5, 5.41) is 13.2. The van der Waals surface area contributed by atoms with Crippen molar-refractivity contribution in [2.45, 2.75) is 38.3 Å². The SMILES string of the molecule is CC(NCC1CCCCN1C)c1ccc(F)cc1O. The van der Waals surface area contributed by atoms with Crippen LogP contribution in [0.3, 0.4) is 0 Å². The number of benzene rings is 1. The first-order valence-electron chi connectivity index (χ1n) is 7.00. The number of aromatic hydroxyl groups is 1. The van der Waals surface area contributed by atoms with Crippen LogP contribution in [0.2, 0.25) is 0 Å². The molecular weight excluding hydrogens is 243 g/mol. The minimum atomic E-state index is -0.402. The lowest BCUT2D eigenvalue weighted by Crippen LogP contribution is -2.43. The number of halogens is 1. The van der Waals surface area contributed by atoms with Gasteiger partial charge in [0.05, 0.1) is 0 Å². The lowest BCUT2D eigenvalue weighted by atomic mass is 10.0. The van der Waals surface area contributed by atoms with Crippen LogP contribution in [0, 0.1) is 5.82 Å². The molecule has 0 spiro atoms. The van der Waals surface area contributed by atoms with Crippen molar-refractivity contribution < 1.29 is 9.50 Å². The molecule has 3 nitrogen and oxygen atoms in total. The first-order valence-corrected chi connectivity index (χ1v) is 7.00. The van der Waals surface area contributed by atoms with Crippen molar-refractivity contribution in [2.75, 3.05) is 20.1 Å². The van der Waals surface area contributed by atoms with Gasteiger partial charge in [-0.2, -0.15) is 0 Å². The highest BCUT2D eigenvalue weighted by molar-refractivity contribution is 5.34. The van der Waals surface area contributed by atoms with Crippen LogP contribution in [0.1, 0.15) is 37.8 Å². The molecule has 2 N–H and O–H groups in total. The summed E-state index contributed by atoms with van der Waals surface area (Å²) in [7, 11) is 2.16. The third-order valence-corrected chi connectivity index (χ3v) is 4.04. The fraction of sp³-hybridized carbons (Fsp3) is 0.600. The topological polar surface area (TPSA) is 35.5 Å². The van der Waals surface area contributed by atoms with Crippen molar-refractivity contribution in [3.05, 3.63) is 29.6 Å². The van der Waals surface area contributed by atoms with Gasteiger partial charge in [-0.3, -0.25) is 0 Å². The van der Waals surface area contributed by atoms with Crippen molar-refractivity contribution >= 4 is 0 Å². The van der Waals surface area contributed by atoms with Crippen molar-refractivity contribution in [3.8, 4) is 5.75 Å². The van der Waals surface area contributed by atoms with E-state index in [0.29, 0.717) is 6.04 Å². The molecule has 2 rings (SSSR count). The van der Waals surface area contributed by atoms with Crippen LogP contribution in [0.25, 0.3) is 0 Å². The number of hydrogen-bond acceptors (Lipinski definition) is 3. The molecule has 2 unspecified atom stereocenters. The lowest BCUT2D eigenvalue weighted by Gasteiger charge is -2.33. The molecule has 4 heteroatoms. The number of likely N-dealkylation sites (tertiary alicyclic amines) is 1. The van der Waals surface area contributed by atoms with Gasteiger partial charge in [0.2, 0.25) is 0 Å². The number of rotatable bonds is 4. The minimum Gasteiger partial charge on any atom is -0.508 e. The van der Waals surface area contributed by atoms with Crippen LogP contribution in [0.5, 0.6) is 5.75 Å². The molecule has 1 aromatic rings. The predicted molar refractivity (Wildman–Crippen MR) is 74.8 cm³/mol. The van der Waals surface area contributed by atoms with Crippen molar-refractivity contribution in [1.82, 2.24) is 10.2 Å². The predicted octanol–water partition coefficient (Wildman–Crippen LogP) is 2.67. The number of phenols is 1. The molecule has 2 atom stereocenters. The Morgan fingerprint density at radius 2 is 2.26 bits per heavy atom. The van der Waals surface area contributed by atoms with E-state index in [1.807, 2.05) is 6.92 Å². The summed E-state index contributed by atoms with van der Waals surface area (Å²) in [6, 6.07) is 4.78. The molecule has 1 fully saturated rings. The van der Waals surface area contributed by atoms with Gasteiger partial charge in [0.1, 0.15) is 11.6 Å². The molecular formula is C15H23FN2O. The maximum Gasteiger partial charge on any atom is 0.126 e. The van der Waals surface area contributed by atoms with Crippen LogP contribution in [0.4, 0.5) is 4.39 Å². The highest BCUT2D eigenvalue weighted by Gasteiger charge is 2.20.